The maximum Gasteiger partial charge on any atom is 0.191 e. The molecule has 1 saturated carbocycles. The van der Waals surface area contributed by atoms with Gasteiger partial charge in [0.2, 0.25) is 0 Å². The minimum Gasteiger partial charge on any atom is -0.378 e. The standard InChI is InChI=1S/C19H35N5OS.HI/c1-20-18(22-14-16-15-26-19(23-16)24(2)3)21-12-8-5-9-13-25-17-10-6-4-7-11-17;/h15,17H,4-14H2,1-3H3,(H2,20,21,22);1H. The zero-order valence-corrected chi connectivity index (χ0v) is 20.1. The maximum atomic E-state index is 5.97. The molecule has 0 amide bonds. The molecule has 1 aliphatic carbocycles. The van der Waals surface area contributed by atoms with Crippen LogP contribution >= 0.6 is 35.3 Å². The van der Waals surface area contributed by atoms with Crippen molar-refractivity contribution in [1.82, 2.24) is 15.6 Å². The molecule has 0 aromatic carbocycles. The molecule has 0 radical (unpaired) electrons. The van der Waals surface area contributed by atoms with E-state index in [0.717, 1.165) is 42.8 Å². The van der Waals surface area contributed by atoms with Crippen LogP contribution in [-0.4, -0.2) is 51.3 Å². The van der Waals surface area contributed by atoms with Gasteiger partial charge in [-0.2, -0.15) is 0 Å². The molecule has 6 nitrogen and oxygen atoms in total. The van der Waals surface area contributed by atoms with Gasteiger partial charge in [-0.15, -0.1) is 35.3 Å². The summed E-state index contributed by atoms with van der Waals surface area (Å²) in [5, 5.41) is 9.81. The van der Waals surface area contributed by atoms with Crippen molar-refractivity contribution in [2.45, 2.75) is 64.0 Å². The highest BCUT2D eigenvalue weighted by molar-refractivity contribution is 14.0. The number of nitrogens with one attached hydrogen (secondary N) is 2. The first-order valence-electron chi connectivity index (χ1n) is 9.87. The first-order chi connectivity index (χ1) is 12.7. The summed E-state index contributed by atoms with van der Waals surface area (Å²) in [6.07, 6.45) is 10.6. The van der Waals surface area contributed by atoms with Crippen LogP contribution in [0.5, 0.6) is 0 Å². The van der Waals surface area contributed by atoms with Crippen molar-refractivity contribution < 1.29 is 4.74 Å². The summed E-state index contributed by atoms with van der Waals surface area (Å²) in [6.45, 7) is 2.54. The van der Waals surface area contributed by atoms with Gasteiger partial charge >= 0.3 is 0 Å². The fraction of sp³-hybridized carbons (Fsp3) is 0.789. The van der Waals surface area contributed by atoms with E-state index in [0.29, 0.717) is 12.6 Å². The third-order valence-electron chi connectivity index (χ3n) is 4.60. The Morgan fingerprint density at radius 1 is 1.22 bits per heavy atom. The van der Waals surface area contributed by atoms with Gasteiger partial charge in [0, 0.05) is 39.7 Å². The predicted octanol–water partition coefficient (Wildman–Crippen LogP) is 4.01. The van der Waals surface area contributed by atoms with Crippen LogP contribution in [-0.2, 0) is 11.3 Å². The fourth-order valence-corrected chi connectivity index (χ4v) is 3.83. The summed E-state index contributed by atoms with van der Waals surface area (Å²) in [4.78, 5) is 10.9. The zero-order chi connectivity index (χ0) is 18.6. The summed E-state index contributed by atoms with van der Waals surface area (Å²) in [6, 6.07) is 0. The Hall–Kier alpha value is -0.610. The molecule has 1 heterocycles. The fourth-order valence-electron chi connectivity index (χ4n) is 3.07. The highest BCUT2D eigenvalue weighted by atomic mass is 127. The second kappa shape index (κ2) is 14.4. The summed E-state index contributed by atoms with van der Waals surface area (Å²) in [5.74, 6) is 0.836. The van der Waals surface area contributed by atoms with Crippen LogP contribution in [0.25, 0.3) is 0 Å². The molecule has 0 spiro atoms. The molecule has 0 saturated heterocycles. The van der Waals surface area contributed by atoms with Gasteiger partial charge in [-0.25, -0.2) is 4.98 Å². The number of aromatic nitrogens is 1. The number of rotatable bonds is 10. The number of thiazole rings is 1. The number of anilines is 1. The monoisotopic (exact) mass is 509 g/mol. The molecule has 0 atom stereocenters. The SMILES string of the molecule is CN=C(NCCCCCOC1CCCCC1)NCc1csc(N(C)C)n1.I. The Morgan fingerprint density at radius 3 is 2.67 bits per heavy atom. The largest absolute Gasteiger partial charge is 0.378 e. The second-order valence-electron chi connectivity index (χ2n) is 7.06. The Kier molecular flexibility index (Phi) is 13.0. The van der Waals surface area contributed by atoms with Crippen LogP contribution in [0, 0.1) is 0 Å². The number of nitrogens with zero attached hydrogens (tertiary/aromatic N) is 3. The lowest BCUT2D eigenvalue weighted by molar-refractivity contribution is 0.0264. The van der Waals surface area contributed by atoms with Crippen molar-refractivity contribution in [3.05, 3.63) is 11.1 Å². The molecule has 156 valence electrons. The molecule has 8 heteroatoms. The topological polar surface area (TPSA) is 61.8 Å². The van der Waals surface area contributed by atoms with Gasteiger partial charge in [0.1, 0.15) is 0 Å². The number of guanidine groups is 1. The highest BCUT2D eigenvalue weighted by Crippen LogP contribution is 2.20. The van der Waals surface area contributed by atoms with Gasteiger partial charge in [-0.05, 0) is 32.1 Å². The van der Waals surface area contributed by atoms with Gasteiger partial charge in [-0.1, -0.05) is 19.3 Å². The smallest absolute Gasteiger partial charge is 0.191 e. The van der Waals surface area contributed by atoms with Crippen LogP contribution in [0.1, 0.15) is 57.1 Å². The Bertz CT molecular complexity index is 532. The number of unbranched alkanes of at least 4 members (excludes halogenated alkanes) is 2. The Labute approximate surface area is 185 Å². The van der Waals surface area contributed by atoms with Gasteiger partial charge < -0.3 is 20.3 Å². The van der Waals surface area contributed by atoms with Crippen LogP contribution in [0.15, 0.2) is 10.4 Å². The van der Waals surface area contributed by atoms with E-state index in [1.165, 1.54) is 38.5 Å². The normalized spacial score (nSPS) is 15.3. The summed E-state index contributed by atoms with van der Waals surface area (Å²) in [7, 11) is 5.83. The average molecular weight is 510 g/mol. The van der Waals surface area contributed by atoms with Crippen LogP contribution in [0.3, 0.4) is 0 Å². The van der Waals surface area contributed by atoms with Gasteiger partial charge in [0.15, 0.2) is 11.1 Å². The van der Waals surface area contributed by atoms with Crippen molar-refractivity contribution in [3.8, 4) is 0 Å². The third kappa shape index (κ3) is 9.94. The van der Waals surface area contributed by atoms with Crippen LogP contribution < -0.4 is 15.5 Å². The number of hydrogen-bond acceptors (Lipinski definition) is 5. The van der Waals surface area contributed by atoms with Gasteiger partial charge in [0.25, 0.3) is 0 Å². The Morgan fingerprint density at radius 2 is 2.00 bits per heavy atom. The molecule has 0 bridgehead atoms. The van der Waals surface area contributed by atoms with E-state index < -0.39 is 0 Å². The molecule has 1 aromatic heterocycles. The summed E-state index contributed by atoms with van der Waals surface area (Å²) < 4.78 is 5.97. The Balaban J connectivity index is 0.00000364. The minimum atomic E-state index is 0. The number of aliphatic imine (C=N–C) groups is 1. The van der Waals surface area contributed by atoms with Crippen molar-refractivity contribution in [3.63, 3.8) is 0 Å². The van der Waals surface area contributed by atoms with E-state index in [4.69, 9.17) is 4.74 Å². The van der Waals surface area contributed by atoms with E-state index in [1.807, 2.05) is 19.0 Å². The molecular formula is C19H36IN5OS. The lowest BCUT2D eigenvalue weighted by Gasteiger charge is -2.21. The minimum absolute atomic E-state index is 0. The van der Waals surface area contributed by atoms with Crippen molar-refractivity contribution in [2.24, 2.45) is 4.99 Å². The molecule has 1 aromatic rings. The first-order valence-corrected chi connectivity index (χ1v) is 10.7. The lowest BCUT2D eigenvalue weighted by atomic mass is 9.98. The van der Waals surface area contributed by atoms with E-state index in [9.17, 15) is 0 Å². The molecule has 1 fully saturated rings. The van der Waals surface area contributed by atoms with E-state index in [1.54, 1.807) is 18.4 Å². The van der Waals surface area contributed by atoms with Crippen LogP contribution in [0.2, 0.25) is 0 Å². The quantitative estimate of drug-likeness (QED) is 0.216. The molecule has 1 aliphatic rings. The first kappa shape index (κ1) is 24.4. The highest BCUT2D eigenvalue weighted by Gasteiger charge is 2.12. The van der Waals surface area contributed by atoms with Crippen molar-refractivity contribution >= 4 is 46.4 Å². The molecule has 27 heavy (non-hydrogen) atoms. The number of ether oxygens (including phenoxy) is 1. The number of halogens is 1. The molecular weight excluding hydrogens is 473 g/mol. The van der Waals surface area contributed by atoms with Gasteiger partial charge in [0.05, 0.1) is 18.3 Å². The predicted molar refractivity (Wildman–Crippen MR) is 127 cm³/mol. The van der Waals surface area contributed by atoms with Crippen LogP contribution in [0.4, 0.5) is 5.13 Å². The lowest BCUT2D eigenvalue weighted by Crippen LogP contribution is -2.37. The van der Waals surface area contributed by atoms with Gasteiger partial charge in [-0.3, -0.25) is 4.99 Å². The van der Waals surface area contributed by atoms with E-state index in [2.05, 4.69) is 26.0 Å². The van der Waals surface area contributed by atoms with Crippen molar-refractivity contribution in [1.29, 1.82) is 0 Å². The molecule has 0 aliphatic heterocycles. The maximum absolute atomic E-state index is 5.97. The third-order valence-corrected chi connectivity index (χ3v) is 5.66. The number of hydrogen-bond donors (Lipinski definition) is 2. The second-order valence-corrected chi connectivity index (χ2v) is 7.90. The van der Waals surface area contributed by atoms with E-state index in [-0.39, 0.29) is 24.0 Å². The molecule has 2 rings (SSSR count). The summed E-state index contributed by atoms with van der Waals surface area (Å²) in [5.41, 5.74) is 1.04. The molecule has 2 N–H and O–H groups in total. The van der Waals surface area contributed by atoms with Crippen molar-refractivity contribution in [2.75, 3.05) is 39.2 Å². The average Bonchev–Trinajstić information content (AvgIpc) is 3.13. The zero-order valence-electron chi connectivity index (χ0n) is 17.0. The summed E-state index contributed by atoms with van der Waals surface area (Å²) >= 11 is 1.66. The van der Waals surface area contributed by atoms with E-state index >= 15 is 0 Å². The molecule has 0 unspecified atom stereocenters.